The lowest BCUT2D eigenvalue weighted by Crippen LogP contribution is -2.49. The molecule has 0 aromatic heterocycles. The van der Waals surface area contributed by atoms with Crippen molar-refractivity contribution >= 4 is 23.9 Å². The highest BCUT2D eigenvalue weighted by molar-refractivity contribution is 5.89. The third-order valence-electron chi connectivity index (χ3n) is 7.04. The van der Waals surface area contributed by atoms with E-state index in [0.717, 1.165) is 27.8 Å². The van der Waals surface area contributed by atoms with Crippen LogP contribution in [0.3, 0.4) is 0 Å². The van der Waals surface area contributed by atoms with Gasteiger partial charge in [-0.15, -0.1) is 0 Å². The topological polar surface area (TPSA) is 131 Å². The number of carboxylic acid groups (broad SMARTS) is 1. The zero-order valence-electron chi connectivity index (χ0n) is 22.9. The number of aliphatic carboxylic acids is 1. The number of benzene rings is 3. The van der Waals surface area contributed by atoms with Crippen molar-refractivity contribution in [1.29, 1.82) is 0 Å². The summed E-state index contributed by atoms with van der Waals surface area (Å²) in [4.78, 5) is 49.4. The number of nitrogens with one attached hydrogen (secondary N) is 2. The molecular formula is C32H34N2O7. The number of fused-ring (bicyclic) bond motifs is 3. The summed E-state index contributed by atoms with van der Waals surface area (Å²) in [6.45, 7) is 2.09. The smallest absolute Gasteiger partial charge is 0.407 e. The van der Waals surface area contributed by atoms with Crippen LogP contribution in [-0.4, -0.2) is 48.2 Å². The van der Waals surface area contributed by atoms with Crippen molar-refractivity contribution in [1.82, 2.24) is 10.6 Å². The highest BCUT2D eigenvalue weighted by Crippen LogP contribution is 2.44. The maximum atomic E-state index is 13.0. The Balaban J connectivity index is 1.37. The van der Waals surface area contributed by atoms with E-state index in [1.54, 1.807) is 0 Å². The monoisotopic (exact) mass is 558 g/mol. The van der Waals surface area contributed by atoms with Crippen LogP contribution in [0, 0.1) is 5.92 Å². The van der Waals surface area contributed by atoms with Gasteiger partial charge in [-0.05, 0) is 40.2 Å². The number of carboxylic acids is 1. The Bertz CT molecular complexity index is 1330. The van der Waals surface area contributed by atoms with Crippen LogP contribution >= 0.6 is 0 Å². The number of carbonyl (C=O) groups is 4. The molecule has 9 nitrogen and oxygen atoms in total. The van der Waals surface area contributed by atoms with Gasteiger partial charge >= 0.3 is 18.0 Å². The highest BCUT2D eigenvalue weighted by atomic mass is 16.5. The molecule has 1 aliphatic carbocycles. The van der Waals surface area contributed by atoms with Crippen LogP contribution in [0.1, 0.15) is 48.8 Å². The van der Waals surface area contributed by atoms with Crippen LogP contribution in [-0.2, 0) is 30.5 Å². The lowest BCUT2D eigenvalue weighted by Gasteiger charge is -2.20. The maximum Gasteiger partial charge on any atom is 0.407 e. The first-order valence-corrected chi connectivity index (χ1v) is 13.6. The summed E-state index contributed by atoms with van der Waals surface area (Å²) in [5, 5.41) is 14.1. The minimum Gasteiger partial charge on any atom is -0.481 e. The molecule has 0 saturated carbocycles. The van der Waals surface area contributed by atoms with Crippen LogP contribution in [0.25, 0.3) is 11.1 Å². The molecule has 1 unspecified atom stereocenters. The molecule has 2 amide bonds. The summed E-state index contributed by atoms with van der Waals surface area (Å²) in [6.07, 6.45) is -0.877. The van der Waals surface area contributed by atoms with E-state index in [0.29, 0.717) is 6.42 Å². The number of alkyl carbamates (subject to hydrolysis) is 1. The molecule has 4 rings (SSSR count). The molecule has 0 aliphatic heterocycles. The van der Waals surface area contributed by atoms with Crippen LogP contribution in [0.5, 0.6) is 0 Å². The molecule has 0 bridgehead atoms. The Morgan fingerprint density at radius 1 is 0.854 bits per heavy atom. The van der Waals surface area contributed by atoms with Crippen molar-refractivity contribution in [3.63, 3.8) is 0 Å². The minimum atomic E-state index is -1.24. The molecule has 2 atom stereocenters. The van der Waals surface area contributed by atoms with Gasteiger partial charge in [-0.1, -0.05) is 85.8 Å². The summed E-state index contributed by atoms with van der Waals surface area (Å²) < 4.78 is 10.9. The third kappa shape index (κ3) is 8.17. The van der Waals surface area contributed by atoms with Crippen molar-refractivity contribution in [2.24, 2.45) is 5.92 Å². The molecule has 41 heavy (non-hydrogen) atoms. The number of hydrogen-bond donors (Lipinski definition) is 3. The summed E-state index contributed by atoms with van der Waals surface area (Å²) in [5.74, 6) is -2.44. The molecule has 3 N–H and O–H groups in total. The predicted octanol–water partition coefficient (Wildman–Crippen LogP) is 4.64. The van der Waals surface area contributed by atoms with Crippen molar-refractivity contribution < 1.29 is 33.8 Å². The molecular weight excluding hydrogens is 524 g/mol. The van der Waals surface area contributed by atoms with Crippen LogP contribution in [0.4, 0.5) is 4.79 Å². The Morgan fingerprint density at radius 2 is 1.46 bits per heavy atom. The molecule has 3 aromatic rings. The molecule has 214 valence electrons. The standard InChI is InChI=1S/C32H34N2O7/c1-21(15-16-29(35)36)18-33-31(38)28(17-30(37)40-19-22-9-3-2-4-10-22)34-32(39)41-20-27-25-13-7-5-11-23(25)24-12-6-8-14-26(24)27/h2-14,21,27-28H,15-20H2,1H3,(H,33,38)(H,34,39)(H,35,36)/t21?,28-/m0/s1. The van der Waals surface area contributed by atoms with Gasteiger partial charge in [0.05, 0.1) is 6.42 Å². The molecule has 0 spiro atoms. The molecule has 3 aromatic carbocycles. The van der Waals surface area contributed by atoms with Crippen molar-refractivity contribution in [2.45, 2.75) is 44.8 Å². The second kappa shape index (κ2) is 14.1. The summed E-state index contributed by atoms with van der Waals surface area (Å²) >= 11 is 0. The van der Waals surface area contributed by atoms with Gasteiger partial charge in [0.1, 0.15) is 19.3 Å². The van der Waals surface area contributed by atoms with Crippen LogP contribution < -0.4 is 10.6 Å². The minimum absolute atomic E-state index is 0.0235. The lowest BCUT2D eigenvalue weighted by atomic mass is 9.98. The third-order valence-corrected chi connectivity index (χ3v) is 7.04. The van der Waals surface area contributed by atoms with E-state index in [9.17, 15) is 19.2 Å². The molecule has 0 fully saturated rings. The number of ether oxygens (including phenoxy) is 2. The zero-order chi connectivity index (χ0) is 29.2. The van der Waals surface area contributed by atoms with E-state index in [1.165, 1.54) is 0 Å². The fourth-order valence-electron chi connectivity index (χ4n) is 4.83. The predicted molar refractivity (Wildman–Crippen MR) is 152 cm³/mol. The lowest BCUT2D eigenvalue weighted by molar-refractivity contribution is -0.147. The van der Waals surface area contributed by atoms with Gasteiger partial charge in [-0.25, -0.2) is 4.79 Å². The van der Waals surface area contributed by atoms with Gasteiger partial charge in [0, 0.05) is 18.9 Å². The van der Waals surface area contributed by atoms with E-state index in [-0.39, 0.29) is 38.0 Å². The van der Waals surface area contributed by atoms with Crippen molar-refractivity contribution in [3.05, 3.63) is 95.6 Å². The van der Waals surface area contributed by atoms with Crippen LogP contribution in [0.2, 0.25) is 0 Å². The molecule has 9 heteroatoms. The highest BCUT2D eigenvalue weighted by Gasteiger charge is 2.30. The number of esters is 1. The average molecular weight is 559 g/mol. The van der Waals surface area contributed by atoms with Gasteiger partial charge in [0.25, 0.3) is 0 Å². The number of carbonyl (C=O) groups excluding carboxylic acids is 3. The molecule has 0 saturated heterocycles. The molecule has 0 heterocycles. The quantitative estimate of drug-likeness (QED) is 0.260. The van der Waals surface area contributed by atoms with E-state index in [4.69, 9.17) is 14.6 Å². The van der Waals surface area contributed by atoms with Gasteiger partial charge in [0.15, 0.2) is 0 Å². The second-order valence-corrected chi connectivity index (χ2v) is 10.2. The Kier molecular flexibility index (Phi) is 10.1. The Labute approximate surface area is 238 Å². The van der Waals surface area contributed by atoms with E-state index in [1.807, 2.05) is 85.8 Å². The first-order valence-electron chi connectivity index (χ1n) is 13.6. The average Bonchev–Trinajstić information content (AvgIpc) is 3.30. The van der Waals surface area contributed by atoms with Crippen LogP contribution in [0.15, 0.2) is 78.9 Å². The van der Waals surface area contributed by atoms with Gasteiger partial charge < -0.3 is 25.2 Å². The summed E-state index contributed by atoms with van der Waals surface area (Å²) in [6, 6.07) is 23.8. The van der Waals surface area contributed by atoms with Crippen molar-refractivity contribution in [2.75, 3.05) is 13.2 Å². The number of hydrogen-bond acceptors (Lipinski definition) is 6. The summed E-state index contributed by atoms with van der Waals surface area (Å²) in [7, 11) is 0. The summed E-state index contributed by atoms with van der Waals surface area (Å²) in [5.41, 5.74) is 5.07. The molecule has 0 radical (unpaired) electrons. The van der Waals surface area contributed by atoms with E-state index in [2.05, 4.69) is 10.6 Å². The Hall–Kier alpha value is -4.66. The van der Waals surface area contributed by atoms with Gasteiger partial charge in [0.2, 0.25) is 5.91 Å². The van der Waals surface area contributed by atoms with Gasteiger partial charge in [-0.3, -0.25) is 14.4 Å². The van der Waals surface area contributed by atoms with E-state index >= 15 is 0 Å². The zero-order valence-corrected chi connectivity index (χ0v) is 22.9. The second-order valence-electron chi connectivity index (χ2n) is 10.2. The molecule has 1 aliphatic rings. The van der Waals surface area contributed by atoms with Crippen molar-refractivity contribution in [3.8, 4) is 11.1 Å². The maximum absolute atomic E-state index is 13.0. The number of amides is 2. The first kappa shape index (κ1) is 29.3. The number of rotatable bonds is 13. The largest absolute Gasteiger partial charge is 0.481 e. The van der Waals surface area contributed by atoms with E-state index < -0.39 is 36.4 Å². The first-order chi connectivity index (χ1) is 19.8. The normalized spacial score (nSPS) is 13.3. The Morgan fingerprint density at radius 3 is 2.10 bits per heavy atom. The fraction of sp³-hybridized carbons (Fsp3) is 0.312. The SMILES string of the molecule is CC(CCC(=O)O)CNC(=O)[C@H](CC(=O)OCc1ccccc1)NC(=O)OCC1c2ccccc2-c2ccccc21. The fourth-order valence-corrected chi connectivity index (χ4v) is 4.83. The van der Waals surface area contributed by atoms with Gasteiger partial charge in [-0.2, -0.15) is 0 Å².